The van der Waals surface area contributed by atoms with Gasteiger partial charge in [-0.2, -0.15) is 0 Å². The Kier molecular flexibility index (Phi) is 4.80. The predicted octanol–water partition coefficient (Wildman–Crippen LogP) is 3.14. The molecule has 4 rings (SSSR count). The van der Waals surface area contributed by atoms with Crippen LogP contribution in [0.25, 0.3) is 10.1 Å². The van der Waals surface area contributed by atoms with Gasteiger partial charge in [0.2, 0.25) is 0 Å². The highest BCUT2D eigenvalue weighted by Crippen LogP contribution is 2.30. The van der Waals surface area contributed by atoms with Crippen LogP contribution in [0.4, 0.5) is 0 Å². The molecule has 0 radical (unpaired) electrons. The third-order valence-electron chi connectivity index (χ3n) is 5.67. The number of hydrogen-bond acceptors (Lipinski definition) is 4. The second-order valence-corrected chi connectivity index (χ2v) is 8.53. The van der Waals surface area contributed by atoms with Crippen LogP contribution in [0.1, 0.15) is 37.7 Å². The Labute approximate surface area is 152 Å². The summed E-state index contributed by atoms with van der Waals surface area (Å²) in [6, 6.07) is 8.55. The molecule has 1 saturated heterocycles. The van der Waals surface area contributed by atoms with Crippen molar-refractivity contribution in [2.75, 3.05) is 19.6 Å². The first-order chi connectivity index (χ1) is 12.1. The number of hydrogen-bond donors (Lipinski definition) is 2. The number of amides is 1. The molecule has 1 aliphatic heterocycles. The van der Waals surface area contributed by atoms with E-state index >= 15 is 0 Å². The van der Waals surface area contributed by atoms with Gasteiger partial charge in [-0.15, -0.1) is 11.3 Å². The van der Waals surface area contributed by atoms with Gasteiger partial charge in [-0.3, -0.25) is 4.79 Å². The molecule has 4 nitrogen and oxygen atoms in total. The van der Waals surface area contributed by atoms with E-state index < -0.39 is 5.60 Å². The maximum Gasteiger partial charge on any atom is 0.255 e. The molecule has 25 heavy (non-hydrogen) atoms. The van der Waals surface area contributed by atoms with E-state index in [-0.39, 0.29) is 5.91 Å². The summed E-state index contributed by atoms with van der Waals surface area (Å²) in [5, 5.41) is 17.5. The van der Waals surface area contributed by atoms with E-state index in [1.165, 1.54) is 34.9 Å². The summed E-state index contributed by atoms with van der Waals surface area (Å²) in [6.07, 6.45) is 5.19. The molecule has 1 atom stereocenters. The van der Waals surface area contributed by atoms with Crippen LogP contribution in [-0.4, -0.2) is 41.1 Å². The third-order valence-corrected chi connectivity index (χ3v) is 6.57. The third kappa shape index (κ3) is 3.59. The Morgan fingerprint density at radius 1 is 1.28 bits per heavy atom. The van der Waals surface area contributed by atoms with Crippen molar-refractivity contribution in [3.63, 3.8) is 0 Å². The van der Waals surface area contributed by atoms with Crippen molar-refractivity contribution >= 4 is 27.3 Å². The van der Waals surface area contributed by atoms with E-state index in [9.17, 15) is 9.90 Å². The fourth-order valence-corrected chi connectivity index (χ4v) is 4.70. The van der Waals surface area contributed by atoms with Gasteiger partial charge in [0, 0.05) is 30.9 Å². The maximum atomic E-state index is 12.7. The van der Waals surface area contributed by atoms with Crippen molar-refractivity contribution < 1.29 is 9.90 Å². The van der Waals surface area contributed by atoms with Crippen molar-refractivity contribution in [2.45, 2.75) is 44.2 Å². The first kappa shape index (κ1) is 17.0. The number of fused-ring (bicyclic) bond motifs is 1. The number of rotatable bonds is 6. The average molecular weight is 359 g/mol. The van der Waals surface area contributed by atoms with Crippen LogP contribution >= 0.6 is 11.3 Å². The van der Waals surface area contributed by atoms with Crippen LogP contribution in [0.3, 0.4) is 0 Å². The molecule has 1 amide bonds. The molecule has 1 saturated carbocycles. The van der Waals surface area contributed by atoms with Gasteiger partial charge in [0.1, 0.15) is 0 Å². The molecule has 2 fully saturated rings. The first-order valence-corrected chi connectivity index (χ1v) is 10.2. The smallest absolute Gasteiger partial charge is 0.255 e. The fourth-order valence-electron chi connectivity index (χ4n) is 3.93. The molecular weight excluding hydrogens is 332 g/mol. The lowest BCUT2D eigenvalue weighted by atomic mass is 9.83. The summed E-state index contributed by atoms with van der Waals surface area (Å²) in [6.45, 7) is 2.63. The number of carbonyl (C=O) groups excluding carboxylic acids is 1. The van der Waals surface area contributed by atoms with E-state index in [2.05, 4.69) is 35.0 Å². The minimum absolute atomic E-state index is 0.0774. The first-order valence-electron chi connectivity index (χ1n) is 9.33. The molecule has 2 aliphatic rings. The molecular formula is C20H26N2O2S. The van der Waals surface area contributed by atoms with Crippen LogP contribution in [0.5, 0.6) is 0 Å². The Hall–Kier alpha value is -1.43. The highest BCUT2D eigenvalue weighted by molar-refractivity contribution is 7.17. The number of benzene rings is 1. The minimum Gasteiger partial charge on any atom is -0.379 e. The summed E-state index contributed by atoms with van der Waals surface area (Å²) in [5.74, 6) is 0.572. The second-order valence-electron chi connectivity index (χ2n) is 7.58. The van der Waals surface area contributed by atoms with Crippen LogP contribution in [0, 0.1) is 5.92 Å². The van der Waals surface area contributed by atoms with E-state index in [0.29, 0.717) is 25.4 Å². The topological polar surface area (TPSA) is 52.6 Å². The zero-order valence-corrected chi connectivity index (χ0v) is 15.4. The molecule has 0 bridgehead atoms. The molecule has 2 aromatic rings. The van der Waals surface area contributed by atoms with Gasteiger partial charge < -0.3 is 15.3 Å². The number of carbonyl (C=O) groups is 1. The van der Waals surface area contributed by atoms with E-state index in [1.54, 1.807) is 11.3 Å². The lowest BCUT2D eigenvalue weighted by Gasteiger charge is -2.41. The molecule has 2 heterocycles. The summed E-state index contributed by atoms with van der Waals surface area (Å²) < 4.78 is 1.29. The lowest BCUT2D eigenvalue weighted by Crippen LogP contribution is -2.58. The summed E-state index contributed by atoms with van der Waals surface area (Å²) >= 11 is 1.74. The van der Waals surface area contributed by atoms with E-state index in [4.69, 9.17) is 0 Å². The van der Waals surface area contributed by atoms with Crippen molar-refractivity contribution in [1.29, 1.82) is 0 Å². The number of nitrogens with one attached hydrogen (secondary N) is 1. The van der Waals surface area contributed by atoms with Crippen LogP contribution in [0.2, 0.25) is 0 Å². The maximum absolute atomic E-state index is 12.7. The minimum atomic E-state index is -1.24. The molecule has 1 aromatic heterocycles. The standard InChI is InChI=1S/C20H26N2O2S/c23-19-20(24,8-2-9-22(19)13-15-3-1-4-15)14-21-12-16-5-6-18-17(11-16)7-10-25-18/h5-7,10-11,15,21,24H,1-4,8-9,12-14H2. The quantitative estimate of drug-likeness (QED) is 0.834. The molecule has 134 valence electrons. The summed E-state index contributed by atoms with van der Waals surface area (Å²) in [7, 11) is 0. The molecule has 1 aromatic carbocycles. The lowest BCUT2D eigenvalue weighted by molar-refractivity contribution is -0.157. The second kappa shape index (κ2) is 7.06. The Morgan fingerprint density at radius 3 is 2.96 bits per heavy atom. The SMILES string of the molecule is O=C1N(CC2CCC2)CCCC1(O)CNCc1ccc2sccc2c1. The summed E-state index contributed by atoms with van der Waals surface area (Å²) in [4.78, 5) is 14.6. The molecule has 0 spiro atoms. The van der Waals surface area contributed by atoms with Crippen LogP contribution in [0.15, 0.2) is 29.6 Å². The van der Waals surface area contributed by atoms with E-state index in [0.717, 1.165) is 19.5 Å². The van der Waals surface area contributed by atoms with Gasteiger partial charge in [0.25, 0.3) is 5.91 Å². The number of piperidine rings is 1. The Morgan fingerprint density at radius 2 is 2.16 bits per heavy atom. The summed E-state index contributed by atoms with van der Waals surface area (Å²) in [5.41, 5.74) is -0.0573. The van der Waals surface area contributed by atoms with Crippen molar-refractivity contribution in [2.24, 2.45) is 5.92 Å². The molecule has 2 N–H and O–H groups in total. The highest BCUT2D eigenvalue weighted by Gasteiger charge is 2.42. The largest absolute Gasteiger partial charge is 0.379 e. The van der Waals surface area contributed by atoms with E-state index in [1.807, 2.05) is 4.90 Å². The van der Waals surface area contributed by atoms with Crippen molar-refractivity contribution in [1.82, 2.24) is 10.2 Å². The normalized spacial score (nSPS) is 24.7. The zero-order chi connectivity index (χ0) is 17.3. The van der Waals surface area contributed by atoms with Gasteiger partial charge >= 0.3 is 0 Å². The van der Waals surface area contributed by atoms with Crippen molar-refractivity contribution in [3.8, 4) is 0 Å². The Bertz CT molecular complexity index is 755. The average Bonchev–Trinajstić information content (AvgIpc) is 3.02. The van der Waals surface area contributed by atoms with Gasteiger partial charge in [-0.25, -0.2) is 0 Å². The number of nitrogens with zero attached hydrogens (tertiary/aromatic N) is 1. The highest BCUT2D eigenvalue weighted by atomic mass is 32.1. The van der Waals surface area contributed by atoms with Crippen LogP contribution in [-0.2, 0) is 11.3 Å². The van der Waals surface area contributed by atoms with Gasteiger partial charge in [-0.1, -0.05) is 12.5 Å². The number of thiophene rings is 1. The van der Waals surface area contributed by atoms with Crippen molar-refractivity contribution in [3.05, 3.63) is 35.2 Å². The van der Waals surface area contributed by atoms with Gasteiger partial charge in [-0.05, 0) is 66.1 Å². The fraction of sp³-hybridized carbons (Fsp3) is 0.550. The number of aliphatic hydroxyl groups is 1. The zero-order valence-electron chi connectivity index (χ0n) is 14.5. The Balaban J connectivity index is 1.34. The van der Waals surface area contributed by atoms with Gasteiger partial charge in [0.05, 0.1) is 0 Å². The molecule has 1 unspecified atom stereocenters. The monoisotopic (exact) mass is 358 g/mol. The van der Waals surface area contributed by atoms with Crippen LogP contribution < -0.4 is 5.32 Å². The number of likely N-dealkylation sites (tertiary alicyclic amines) is 1. The molecule has 1 aliphatic carbocycles. The molecule has 5 heteroatoms. The van der Waals surface area contributed by atoms with Gasteiger partial charge in [0.15, 0.2) is 5.60 Å². The predicted molar refractivity (Wildman–Crippen MR) is 102 cm³/mol.